The third kappa shape index (κ3) is 6.88. The molecule has 208 valence electrons. The first-order valence-corrected chi connectivity index (χ1v) is 12.5. The number of para-hydroxylation sites is 1. The second kappa shape index (κ2) is 12.2. The minimum absolute atomic E-state index is 0.0249. The maximum absolute atomic E-state index is 14.6. The molecule has 2 aromatic carbocycles. The van der Waals surface area contributed by atoms with Crippen molar-refractivity contribution >= 4 is 17.6 Å². The van der Waals surface area contributed by atoms with Crippen molar-refractivity contribution in [1.82, 2.24) is 10.2 Å². The summed E-state index contributed by atoms with van der Waals surface area (Å²) in [6, 6.07) is 13.6. The molecule has 1 aliphatic rings. The van der Waals surface area contributed by atoms with E-state index in [1.54, 1.807) is 13.8 Å². The Morgan fingerprint density at radius 3 is 2.26 bits per heavy atom. The van der Waals surface area contributed by atoms with E-state index in [0.29, 0.717) is 24.5 Å². The van der Waals surface area contributed by atoms with Gasteiger partial charge in [0.1, 0.15) is 0 Å². The fourth-order valence-electron chi connectivity index (χ4n) is 4.98. The second-order valence-electron chi connectivity index (χ2n) is 10.5. The number of nitro groups is 1. The van der Waals surface area contributed by atoms with E-state index in [1.165, 1.54) is 12.1 Å². The van der Waals surface area contributed by atoms with Gasteiger partial charge < -0.3 is 19.7 Å². The predicted octanol–water partition coefficient (Wildman–Crippen LogP) is 4.84. The van der Waals surface area contributed by atoms with E-state index in [0.717, 1.165) is 18.7 Å². The SMILES string of the molecule is COC(=O)C1=C(C)NC(C)=C(C(=O)OCC(C)(C)CN(C)Cc2ccccc2)C1c1cccc(F)c1[N+](=O)[O-]. The Balaban J connectivity index is 1.91. The quantitative estimate of drug-likeness (QED) is 0.259. The number of hydrogen-bond donors (Lipinski definition) is 1. The number of nitrogens with zero attached hydrogens (tertiary/aromatic N) is 2. The van der Waals surface area contributed by atoms with Crippen LogP contribution < -0.4 is 5.32 Å². The molecule has 0 spiro atoms. The maximum atomic E-state index is 14.6. The van der Waals surface area contributed by atoms with Crippen LogP contribution >= 0.6 is 0 Å². The third-order valence-electron chi connectivity index (χ3n) is 6.48. The highest BCUT2D eigenvalue weighted by atomic mass is 19.1. The van der Waals surface area contributed by atoms with Gasteiger partial charge in [-0.2, -0.15) is 4.39 Å². The van der Waals surface area contributed by atoms with Crippen LogP contribution in [0.25, 0.3) is 0 Å². The number of carbonyl (C=O) groups is 2. The molecule has 2 aromatic rings. The number of hydrogen-bond acceptors (Lipinski definition) is 8. The average molecular weight is 540 g/mol. The van der Waals surface area contributed by atoms with E-state index >= 15 is 0 Å². The van der Waals surface area contributed by atoms with Crippen molar-refractivity contribution in [3.63, 3.8) is 0 Å². The fraction of sp³-hybridized carbons (Fsp3) is 0.379. The van der Waals surface area contributed by atoms with Gasteiger partial charge in [0.25, 0.3) is 0 Å². The molecule has 1 aliphatic heterocycles. The first kappa shape index (κ1) is 29.5. The van der Waals surface area contributed by atoms with Crippen molar-refractivity contribution in [2.24, 2.45) is 5.41 Å². The van der Waals surface area contributed by atoms with Crippen molar-refractivity contribution < 1.29 is 28.4 Å². The average Bonchev–Trinajstić information content (AvgIpc) is 2.86. The number of nitro benzene ring substituents is 1. The molecule has 0 bridgehead atoms. The van der Waals surface area contributed by atoms with Crippen LogP contribution in [0.2, 0.25) is 0 Å². The number of carbonyl (C=O) groups excluding carboxylic acids is 2. The van der Waals surface area contributed by atoms with E-state index in [-0.39, 0.29) is 23.3 Å². The normalized spacial score (nSPS) is 15.7. The Morgan fingerprint density at radius 1 is 1.05 bits per heavy atom. The van der Waals surface area contributed by atoms with E-state index < -0.39 is 39.7 Å². The molecule has 0 aliphatic carbocycles. The van der Waals surface area contributed by atoms with E-state index in [2.05, 4.69) is 10.2 Å². The highest BCUT2D eigenvalue weighted by molar-refractivity contribution is 6.00. The smallest absolute Gasteiger partial charge is 0.336 e. The number of rotatable bonds is 10. The van der Waals surface area contributed by atoms with Crippen LogP contribution in [0.1, 0.15) is 44.7 Å². The van der Waals surface area contributed by atoms with Gasteiger partial charge in [-0.1, -0.05) is 56.3 Å². The van der Waals surface area contributed by atoms with Gasteiger partial charge in [0.2, 0.25) is 5.82 Å². The Morgan fingerprint density at radius 2 is 1.67 bits per heavy atom. The van der Waals surface area contributed by atoms with Crippen molar-refractivity contribution in [3.05, 3.63) is 98.1 Å². The molecule has 10 heteroatoms. The zero-order valence-electron chi connectivity index (χ0n) is 23.0. The molecule has 1 heterocycles. The molecular formula is C29H34FN3O6. The number of allylic oxidation sites excluding steroid dienone is 2. The van der Waals surface area contributed by atoms with Crippen LogP contribution in [0.5, 0.6) is 0 Å². The summed E-state index contributed by atoms with van der Waals surface area (Å²) in [5.74, 6) is -3.92. The van der Waals surface area contributed by atoms with Gasteiger partial charge in [0, 0.05) is 35.5 Å². The van der Waals surface area contributed by atoms with Gasteiger partial charge in [-0.3, -0.25) is 10.1 Å². The minimum Gasteiger partial charge on any atom is -0.466 e. The number of dihydropyridines is 1. The molecule has 1 N–H and O–H groups in total. The van der Waals surface area contributed by atoms with E-state index in [9.17, 15) is 24.1 Å². The van der Waals surface area contributed by atoms with Crippen LogP contribution in [0.4, 0.5) is 10.1 Å². The molecule has 0 saturated carbocycles. The summed E-state index contributed by atoms with van der Waals surface area (Å²) in [7, 11) is 3.14. The first-order chi connectivity index (χ1) is 18.4. The Hall–Kier alpha value is -4.05. The third-order valence-corrected chi connectivity index (χ3v) is 6.48. The van der Waals surface area contributed by atoms with Gasteiger partial charge in [-0.15, -0.1) is 0 Å². The number of ether oxygens (including phenoxy) is 2. The summed E-state index contributed by atoms with van der Waals surface area (Å²) >= 11 is 0. The minimum atomic E-state index is -1.27. The maximum Gasteiger partial charge on any atom is 0.336 e. The molecule has 1 unspecified atom stereocenters. The Labute approximate surface area is 227 Å². The fourth-order valence-corrected chi connectivity index (χ4v) is 4.98. The van der Waals surface area contributed by atoms with Crippen LogP contribution in [-0.2, 0) is 25.6 Å². The standard InChI is InChI=1S/C29H34FN3O6/c1-18-23(27(34)38-6)25(21-13-10-14-22(30)26(21)33(36)37)24(19(2)31-18)28(35)39-17-29(3,4)16-32(5)15-20-11-8-7-9-12-20/h7-14,25,31H,15-17H2,1-6H3. The summed E-state index contributed by atoms with van der Waals surface area (Å²) in [4.78, 5) is 39.5. The van der Waals surface area contributed by atoms with E-state index in [1.807, 2.05) is 51.2 Å². The highest BCUT2D eigenvalue weighted by Gasteiger charge is 2.42. The van der Waals surface area contributed by atoms with Crippen LogP contribution in [0.15, 0.2) is 71.1 Å². The molecule has 9 nitrogen and oxygen atoms in total. The van der Waals surface area contributed by atoms with Crippen molar-refractivity contribution in [3.8, 4) is 0 Å². The Bertz CT molecular complexity index is 1320. The largest absolute Gasteiger partial charge is 0.466 e. The summed E-state index contributed by atoms with van der Waals surface area (Å²) in [6.07, 6.45) is 0. The molecule has 3 rings (SSSR count). The van der Waals surface area contributed by atoms with Gasteiger partial charge in [0.05, 0.1) is 35.7 Å². The van der Waals surface area contributed by atoms with Crippen molar-refractivity contribution in [2.45, 2.75) is 40.2 Å². The van der Waals surface area contributed by atoms with Gasteiger partial charge in [-0.25, -0.2) is 9.59 Å². The van der Waals surface area contributed by atoms with Gasteiger partial charge in [0.15, 0.2) is 0 Å². The van der Waals surface area contributed by atoms with Crippen LogP contribution in [-0.4, -0.2) is 49.1 Å². The molecule has 0 saturated heterocycles. The van der Waals surface area contributed by atoms with Crippen LogP contribution in [0, 0.1) is 21.3 Å². The Kier molecular flexibility index (Phi) is 9.24. The zero-order valence-corrected chi connectivity index (χ0v) is 23.0. The predicted molar refractivity (Wildman–Crippen MR) is 144 cm³/mol. The molecule has 39 heavy (non-hydrogen) atoms. The summed E-state index contributed by atoms with van der Waals surface area (Å²) in [5.41, 5.74) is 0.351. The van der Waals surface area contributed by atoms with Crippen molar-refractivity contribution in [1.29, 1.82) is 0 Å². The number of benzene rings is 2. The lowest BCUT2D eigenvalue weighted by Gasteiger charge is -2.32. The first-order valence-electron chi connectivity index (χ1n) is 12.5. The lowest BCUT2D eigenvalue weighted by Crippen LogP contribution is -2.37. The number of nitrogens with one attached hydrogen (secondary N) is 1. The highest BCUT2D eigenvalue weighted by Crippen LogP contribution is 2.43. The molecule has 0 radical (unpaired) electrons. The topological polar surface area (TPSA) is 111 Å². The summed E-state index contributed by atoms with van der Waals surface area (Å²) in [6.45, 7) is 8.46. The van der Waals surface area contributed by atoms with Crippen molar-refractivity contribution in [2.75, 3.05) is 27.3 Å². The van der Waals surface area contributed by atoms with Crippen LogP contribution in [0.3, 0.4) is 0 Å². The molecule has 1 atom stereocenters. The number of esters is 2. The summed E-state index contributed by atoms with van der Waals surface area (Å²) < 4.78 is 25.3. The second-order valence-corrected chi connectivity index (χ2v) is 10.5. The lowest BCUT2D eigenvalue weighted by molar-refractivity contribution is -0.388. The molecule has 0 amide bonds. The zero-order chi connectivity index (χ0) is 28.9. The van der Waals surface area contributed by atoms with Gasteiger partial charge >= 0.3 is 17.6 Å². The lowest BCUT2D eigenvalue weighted by atomic mass is 9.79. The molecular weight excluding hydrogens is 505 g/mol. The monoisotopic (exact) mass is 539 g/mol. The number of methoxy groups -OCH3 is 1. The summed E-state index contributed by atoms with van der Waals surface area (Å²) in [5, 5.41) is 14.8. The molecule has 0 fully saturated rings. The number of halogens is 1. The van der Waals surface area contributed by atoms with Gasteiger partial charge in [-0.05, 0) is 32.5 Å². The molecule has 0 aromatic heterocycles. The van der Waals surface area contributed by atoms with E-state index in [4.69, 9.17) is 9.47 Å².